The van der Waals surface area contributed by atoms with Gasteiger partial charge in [0.2, 0.25) is 0 Å². The van der Waals surface area contributed by atoms with Crippen molar-refractivity contribution in [1.82, 2.24) is 5.32 Å². The maximum Gasteiger partial charge on any atom is 0.109 e. The molecule has 1 fully saturated rings. The zero-order valence-electron chi connectivity index (χ0n) is 13.4. The second-order valence-electron chi connectivity index (χ2n) is 6.56. The van der Waals surface area contributed by atoms with E-state index in [-0.39, 0.29) is 12.1 Å². The molecule has 1 heterocycles. The molecule has 5 atom stereocenters. The van der Waals surface area contributed by atoms with Gasteiger partial charge in [-0.3, -0.25) is 0 Å². The van der Waals surface area contributed by atoms with Crippen molar-refractivity contribution in [2.75, 3.05) is 0 Å². The summed E-state index contributed by atoms with van der Waals surface area (Å²) < 4.78 is 0. The molecule has 0 radical (unpaired) electrons. The monoisotopic (exact) mass is 315 g/mol. The summed E-state index contributed by atoms with van der Waals surface area (Å²) >= 11 is 0. The predicted molar refractivity (Wildman–Crippen MR) is 91.3 cm³/mol. The maximum absolute atomic E-state index is 10.1. The van der Waals surface area contributed by atoms with Crippen molar-refractivity contribution >= 4 is 10.8 Å². The molecule has 1 saturated heterocycles. The molecule has 0 saturated carbocycles. The summed E-state index contributed by atoms with van der Waals surface area (Å²) in [5.41, 5.74) is 1.31. The molecule has 4 heteroatoms. The van der Waals surface area contributed by atoms with Gasteiger partial charge >= 0.3 is 0 Å². The van der Waals surface area contributed by atoms with Crippen molar-refractivity contribution < 1.29 is 15.3 Å². The minimum absolute atomic E-state index is 0.182. The van der Waals surface area contributed by atoms with Crippen LogP contribution in [-0.4, -0.2) is 45.7 Å². The fourth-order valence-electron chi connectivity index (χ4n) is 3.55. The highest BCUT2D eigenvalue weighted by Gasteiger charge is 2.39. The van der Waals surface area contributed by atoms with Gasteiger partial charge in [0.05, 0.1) is 12.2 Å². The molecule has 124 valence electrons. The lowest BCUT2D eigenvalue weighted by Crippen LogP contribution is -2.63. The van der Waals surface area contributed by atoms with Crippen LogP contribution in [0.3, 0.4) is 0 Å². The number of nitrogens with one attached hydrogen (secondary N) is 1. The van der Waals surface area contributed by atoms with E-state index in [1.54, 1.807) is 0 Å². The summed E-state index contributed by atoms with van der Waals surface area (Å²) in [5, 5.41) is 35.5. The van der Waals surface area contributed by atoms with E-state index in [2.05, 4.69) is 41.7 Å². The molecule has 0 unspecified atom stereocenters. The van der Waals surface area contributed by atoms with Gasteiger partial charge < -0.3 is 20.6 Å². The van der Waals surface area contributed by atoms with Crippen LogP contribution in [0.5, 0.6) is 0 Å². The van der Waals surface area contributed by atoms with Gasteiger partial charge in [0.15, 0.2) is 0 Å². The average Bonchev–Trinajstić information content (AvgIpc) is 2.57. The highest BCUT2D eigenvalue weighted by Crippen LogP contribution is 2.22. The molecule has 2 aromatic carbocycles. The van der Waals surface area contributed by atoms with Crippen molar-refractivity contribution in [1.29, 1.82) is 0 Å². The van der Waals surface area contributed by atoms with Crippen molar-refractivity contribution in [2.24, 2.45) is 0 Å². The Morgan fingerprint density at radius 3 is 2.48 bits per heavy atom. The summed E-state index contributed by atoms with van der Waals surface area (Å²) in [6.45, 7) is 1.83. The molecule has 3 rings (SSSR count). The summed E-state index contributed by atoms with van der Waals surface area (Å²) in [7, 11) is 0. The minimum atomic E-state index is -1.08. The third-order valence-corrected chi connectivity index (χ3v) is 4.94. The Morgan fingerprint density at radius 2 is 1.65 bits per heavy atom. The molecule has 1 aliphatic heterocycles. The number of aliphatic hydroxyl groups is 3. The number of hydrogen-bond donors (Lipinski definition) is 4. The smallest absolute Gasteiger partial charge is 0.109 e. The van der Waals surface area contributed by atoms with E-state index in [1.165, 1.54) is 16.3 Å². The summed E-state index contributed by atoms with van der Waals surface area (Å²) in [6.07, 6.45) is -0.308. The van der Waals surface area contributed by atoms with Crippen molar-refractivity contribution in [3.8, 4) is 0 Å². The number of fused-ring (bicyclic) bond motifs is 1. The highest BCUT2D eigenvalue weighted by molar-refractivity contribution is 5.85. The van der Waals surface area contributed by atoms with Crippen LogP contribution in [0.15, 0.2) is 42.5 Å². The normalized spacial score (nSPS) is 31.4. The standard InChI is InChI=1S/C19H25NO3/c1-12-17(21)19(23)18(22)16(20-12)11-5-9-14-8-4-7-13-6-2-3-10-15(13)14/h2-4,6-8,10,12,16-23H,5,9,11H2,1H3/t12-,16+,17+,18+,19+/m0/s1. The minimum Gasteiger partial charge on any atom is -0.389 e. The summed E-state index contributed by atoms with van der Waals surface area (Å²) in [6, 6.07) is 14.3. The molecule has 1 aliphatic rings. The van der Waals surface area contributed by atoms with Crippen LogP contribution in [0, 0.1) is 0 Å². The number of benzene rings is 2. The van der Waals surface area contributed by atoms with Crippen LogP contribution in [0.2, 0.25) is 0 Å². The predicted octanol–water partition coefficient (Wildman–Crippen LogP) is 1.61. The van der Waals surface area contributed by atoms with Crippen LogP contribution >= 0.6 is 0 Å². The van der Waals surface area contributed by atoms with Gasteiger partial charge in [0.1, 0.15) is 6.10 Å². The molecule has 0 bridgehead atoms. The van der Waals surface area contributed by atoms with Gasteiger partial charge in [-0.2, -0.15) is 0 Å². The van der Waals surface area contributed by atoms with Crippen molar-refractivity contribution in [2.45, 2.75) is 56.6 Å². The first-order chi connectivity index (χ1) is 11.1. The quantitative estimate of drug-likeness (QED) is 0.692. The van der Waals surface area contributed by atoms with E-state index in [1.807, 2.05) is 13.0 Å². The number of aryl methyl sites for hydroxylation is 1. The Bertz CT molecular complexity index is 655. The molecular formula is C19H25NO3. The van der Waals surface area contributed by atoms with Crippen LogP contribution in [0.1, 0.15) is 25.3 Å². The van der Waals surface area contributed by atoms with E-state index < -0.39 is 18.3 Å². The lowest BCUT2D eigenvalue weighted by molar-refractivity contribution is -0.111. The first-order valence-corrected chi connectivity index (χ1v) is 8.35. The molecule has 0 spiro atoms. The number of hydrogen-bond acceptors (Lipinski definition) is 4. The molecule has 0 aliphatic carbocycles. The van der Waals surface area contributed by atoms with Gasteiger partial charge in [-0.25, -0.2) is 0 Å². The van der Waals surface area contributed by atoms with Crippen molar-refractivity contribution in [3.63, 3.8) is 0 Å². The summed E-state index contributed by atoms with van der Waals surface area (Å²) in [4.78, 5) is 0. The zero-order valence-corrected chi connectivity index (χ0v) is 13.4. The Balaban J connectivity index is 1.63. The third-order valence-electron chi connectivity index (χ3n) is 4.94. The Labute approximate surface area is 136 Å². The second kappa shape index (κ2) is 6.97. The SMILES string of the molecule is C[C@@H]1N[C@H](CCCc2cccc3ccccc23)[C@@H](O)[C@H](O)[C@@H]1O. The second-order valence-corrected chi connectivity index (χ2v) is 6.56. The fourth-order valence-corrected chi connectivity index (χ4v) is 3.55. The fraction of sp³-hybridized carbons (Fsp3) is 0.474. The molecule has 23 heavy (non-hydrogen) atoms. The van der Waals surface area contributed by atoms with E-state index in [0.717, 1.165) is 19.3 Å². The number of aliphatic hydroxyl groups excluding tert-OH is 3. The van der Waals surface area contributed by atoms with E-state index in [9.17, 15) is 15.3 Å². The zero-order chi connectivity index (χ0) is 16.4. The third kappa shape index (κ3) is 3.40. The summed E-state index contributed by atoms with van der Waals surface area (Å²) in [5.74, 6) is 0. The van der Waals surface area contributed by atoms with Gasteiger partial charge in [0, 0.05) is 12.1 Å². The van der Waals surface area contributed by atoms with E-state index >= 15 is 0 Å². The highest BCUT2D eigenvalue weighted by atomic mass is 16.4. The molecule has 4 nitrogen and oxygen atoms in total. The average molecular weight is 315 g/mol. The molecule has 2 aromatic rings. The molecular weight excluding hydrogens is 290 g/mol. The maximum atomic E-state index is 10.1. The Morgan fingerprint density at radius 1 is 0.913 bits per heavy atom. The van der Waals surface area contributed by atoms with Gasteiger partial charge in [-0.15, -0.1) is 0 Å². The Hall–Kier alpha value is -1.46. The Kier molecular flexibility index (Phi) is 4.97. The first-order valence-electron chi connectivity index (χ1n) is 8.35. The van der Waals surface area contributed by atoms with Crippen LogP contribution in [0.25, 0.3) is 10.8 Å². The van der Waals surface area contributed by atoms with Crippen LogP contribution in [0.4, 0.5) is 0 Å². The van der Waals surface area contributed by atoms with Gasteiger partial charge in [-0.05, 0) is 42.5 Å². The lowest BCUT2D eigenvalue weighted by atomic mass is 9.88. The number of rotatable bonds is 4. The number of piperidine rings is 1. The topological polar surface area (TPSA) is 72.7 Å². The first kappa shape index (κ1) is 16.4. The largest absolute Gasteiger partial charge is 0.389 e. The van der Waals surface area contributed by atoms with Gasteiger partial charge in [0.25, 0.3) is 0 Å². The van der Waals surface area contributed by atoms with Gasteiger partial charge in [-0.1, -0.05) is 42.5 Å². The molecule has 4 N–H and O–H groups in total. The van der Waals surface area contributed by atoms with E-state index in [0.29, 0.717) is 0 Å². The van der Waals surface area contributed by atoms with Crippen molar-refractivity contribution in [3.05, 3.63) is 48.0 Å². The molecule has 0 amide bonds. The van der Waals surface area contributed by atoms with E-state index in [4.69, 9.17) is 0 Å². The lowest BCUT2D eigenvalue weighted by Gasteiger charge is -2.40. The molecule has 0 aromatic heterocycles. The van der Waals surface area contributed by atoms with Crippen LogP contribution in [-0.2, 0) is 6.42 Å². The van der Waals surface area contributed by atoms with Crippen LogP contribution < -0.4 is 5.32 Å².